The molecule has 3 N–H and O–H groups in total. The zero-order valence-corrected chi connectivity index (χ0v) is 18.7. The highest BCUT2D eigenvalue weighted by molar-refractivity contribution is 6.09. The zero-order valence-electron chi connectivity index (χ0n) is 18.7. The number of benzene rings is 2. The lowest BCUT2D eigenvalue weighted by atomic mass is 10.0. The molecule has 3 amide bonds. The van der Waals surface area contributed by atoms with Crippen LogP contribution < -0.4 is 20.7 Å². The Labute approximate surface area is 183 Å². The van der Waals surface area contributed by atoms with E-state index in [0.29, 0.717) is 29.5 Å². The smallest absolute Gasteiger partial charge is 0.255 e. The van der Waals surface area contributed by atoms with Gasteiger partial charge in [0.2, 0.25) is 5.91 Å². The van der Waals surface area contributed by atoms with Crippen molar-refractivity contribution in [1.82, 2.24) is 10.6 Å². The summed E-state index contributed by atoms with van der Waals surface area (Å²) in [6.45, 7) is 8.29. The third-order valence-corrected chi connectivity index (χ3v) is 4.69. The van der Waals surface area contributed by atoms with Gasteiger partial charge in [-0.15, -0.1) is 0 Å². The molecule has 0 radical (unpaired) electrons. The molecule has 7 heteroatoms. The van der Waals surface area contributed by atoms with Gasteiger partial charge in [0.1, 0.15) is 11.8 Å². The van der Waals surface area contributed by atoms with Gasteiger partial charge >= 0.3 is 0 Å². The molecule has 1 atom stereocenters. The number of rotatable bonds is 9. The molecule has 0 aliphatic rings. The molecule has 0 aliphatic carbocycles. The number of methoxy groups -OCH3 is 1. The average Bonchev–Trinajstić information content (AvgIpc) is 2.75. The number of carbonyl (C=O) groups is 3. The van der Waals surface area contributed by atoms with E-state index in [0.717, 1.165) is 0 Å². The van der Waals surface area contributed by atoms with Crippen LogP contribution in [-0.2, 0) is 4.79 Å². The third-order valence-electron chi connectivity index (χ3n) is 4.69. The Balaban J connectivity index is 2.16. The quantitative estimate of drug-likeness (QED) is 0.573. The number of hydrogen-bond acceptors (Lipinski definition) is 4. The van der Waals surface area contributed by atoms with Gasteiger partial charge in [0.05, 0.1) is 18.4 Å². The van der Waals surface area contributed by atoms with E-state index in [4.69, 9.17) is 4.74 Å². The number of carbonyl (C=O) groups excluding carboxylic acids is 3. The van der Waals surface area contributed by atoms with Crippen molar-refractivity contribution >= 4 is 23.4 Å². The number of amides is 3. The third kappa shape index (κ3) is 6.84. The van der Waals surface area contributed by atoms with Crippen LogP contribution in [0, 0.1) is 11.8 Å². The number of ether oxygens (including phenoxy) is 1. The predicted molar refractivity (Wildman–Crippen MR) is 121 cm³/mol. The molecule has 0 spiro atoms. The van der Waals surface area contributed by atoms with E-state index in [9.17, 15) is 14.4 Å². The first-order valence-corrected chi connectivity index (χ1v) is 10.4. The van der Waals surface area contributed by atoms with Crippen molar-refractivity contribution in [2.75, 3.05) is 19.0 Å². The Kier molecular flexibility index (Phi) is 8.61. The highest BCUT2D eigenvalue weighted by Gasteiger charge is 2.25. The number of hydrogen-bond donors (Lipinski definition) is 3. The first-order chi connectivity index (χ1) is 14.7. The standard InChI is InChI=1S/C24H31N3O4/c1-15(2)14-25-24(30)21(16(3)4)27-23(29)19-8-6-7-9-20(19)26-22(28)17-10-12-18(31-5)13-11-17/h6-13,15-16,21H,14H2,1-5H3,(H,25,30)(H,26,28)(H,27,29)/t21-/m0/s1. The van der Waals surface area contributed by atoms with Gasteiger partial charge in [0.25, 0.3) is 11.8 Å². The van der Waals surface area contributed by atoms with Gasteiger partial charge in [0.15, 0.2) is 0 Å². The van der Waals surface area contributed by atoms with Crippen molar-refractivity contribution < 1.29 is 19.1 Å². The van der Waals surface area contributed by atoms with Gasteiger partial charge in [-0.2, -0.15) is 0 Å². The number of anilines is 1. The molecular formula is C24H31N3O4. The maximum Gasteiger partial charge on any atom is 0.255 e. The van der Waals surface area contributed by atoms with E-state index in [1.807, 2.05) is 27.7 Å². The van der Waals surface area contributed by atoms with Crippen LogP contribution in [0.25, 0.3) is 0 Å². The predicted octanol–water partition coefficient (Wildman–Crippen LogP) is 3.47. The normalized spacial score (nSPS) is 11.7. The minimum absolute atomic E-state index is 0.0998. The van der Waals surface area contributed by atoms with Gasteiger partial charge in [-0.3, -0.25) is 14.4 Å². The molecule has 0 saturated heterocycles. The van der Waals surface area contributed by atoms with Crippen molar-refractivity contribution in [2.24, 2.45) is 11.8 Å². The van der Waals surface area contributed by atoms with Crippen molar-refractivity contribution in [2.45, 2.75) is 33.7 Å². The molecule has 2 aromatic rings. The lowest BCUT2D eigenvalue weighted by molar-refractivity contribution is -0.124. The van der Waals surface area contributed by atoms with Crippen molar-refractivity contribution in [3.8, 4) is 5.75 Å². The number of nitrogens with one attached hydrogen (secondary N) is 3. The van der Waals surface area contributed by atoms with Crippen LogP contribution in [0.15, 0.2) is 48.5 Å². The fourth-order valence-corrected chi connectivity index (χ4v) is 2.90. The SMILES string of the molecule is COc1ccc(C(=O)Nc2ccccc2C(=O)N[C@H](C(=O)NCC(C)C)C(C)C)cc1. The molecule has 0 aromatic heterocycles. The summed E-state index contributed by atoms with van der Waals surface area (Å²) in [4.78, 5) is 38.1. The molecule has 31 heavy (non-hydrogen) atoms. The monoisotopic (exact) mass is 425 g/mol. The Morgan fingerprint density at radius 3 is 2.13 bits per heavy atom. The van der Waals surface area contributed by atoms with E-state index in [1.165, 1.54) is 0 Å². The molecule has 0 unspecified atom stereocenters. The van der Waals surface area contributed by atoms with Crippen LogP contribution >= 0.6 is 0 Å². The lowest BCUT2D eigenvalue weighted by Gasteiger charge is -2.23. The minimum atomic E-state index is -0.684. The first-order valence-electron chi connectivity index (χ1n) is 10.4. The minimum Gasteiger partial charge on any atom is -0.497 e. The van der Waals surface area contributed by atoms with Crippen LogP contribution in [0.1, 0.15) is 48.4 Å². The van der Waals surface area contributed by atoms with E-state index < -0.39 is 11.9 Å². The molecule has 0 aliphatic heterocycles. The summed E-state index contributed by atoms with van der Waals surface area (Å²) >= 11 is 0. The second kappa shape index (κ2) is 11.2. The van der Waals surface area contributed by atoms with E-state index in [2.05, 4.69) is 16.0 Å². The molecule has 0 bridgehead atoms. The maximum absolute atomic E-state index is 13.0. The second-order valence-corrected chi connectivity index (χ2v) is 8.06. The molecule has 2 aromatic carbocycles. The first kappa shape index (κ1) is 23.9. The van der Waals surface area contributed by atoms with Gasteiger partial charge < -0.3 is 20.7 Å². The summed E-state index contributed by atoms with van der Waals surface area (Å²) in [5, 5.41) is 8.45. The Morgan fingerprint density at radius 2 is 1.55 bits per heavy atom. The van der Waals surface area contributed by atoms with Gasteiger partial charge in [-0.25, -0.2) is 0 Å². The average molecular weight is 426 g/mol. The Bertz CT molecular complexity index is 907. The summed E-state index contributed by atoms with van der Waals surface area (Å²) in [6.07, 6.45) is 0. The fraction of sp³-hybridized carbons (Fsp3) is 0.375. The Hall–Kier alpha value is -3.35. The highest BCUT2D eigenvalue weighted by atomic mass is 16.5. The summed E-state index contributed by atoms with van der Waals surface area (Å²) in [7, 11) is 1.55. The molecule has 166 valence electrons. The topological polar surface area (TPSA) is 96.5 Å². The highest BCUT2D eigenvalue weighted by Crippen LogP contribution is 2.18. The van der Waals surface area contributed by atoms with Crippen molar-refractivity contribution in [1.29, 1.82) is 0 Å². The Morgan fingerprint density at radius 1 is 0.903 bits per heavy atom. The second-order valence-electron chi connectivity index (χ2n) is 8.06. The van der Waals surface area contributed by atoms with Crippen LogP contribution in [-0.4, -0.2) is 37.4 Å². The molecule has 0 fully saturated rings. The molecule has 0 saturated carbocycles. The molecule has 2 rings (SSSR count). The van der Waals surface area contributed by atoms with Crippen LogP contribution in [0.4, 0.5) is 5.69 Å². The number of para-hydroxylation sites is 1. The summed E-state index contributed by atoms with van der Waals surface area (Å²) < 4.78 is 5.11. The van der Waals surface area contributed by atoms with Gasteiger partial charge in [-0.1, -0.05) is 39.8 Å². The van der Waals surface area contributed by atoms with Crippen LogP contribution in [0.3, 0.4) is 0 Å². The lowest BCUT2D eigenvalue weighted by Crippen LogP contribution is -2.50. The molecular weight excluding hydrogens is 394 g/mol. The summed E-state index contributed by atoms with van der Waals surface area (Å²) in [6, 6.07) is 12.7. The zero-order chi connectivity index (χ0) is 23.0. The van der Waals surface area contributed by atoms with E-state index in [-0.39, 0.29) is 23.3 Å². The fourth-order valence-electron chi connectivity index (χ4n) is 2.90. The largest absolute Gasteiger partial charge is 0.497 e. The van der Waals surface area contributed by atoms with Crippen LogP contribution in [0.5, 0.6) is 5.75 Å². The van der Waals surface area contributed by atoms with E-state index >= 15 is 0 Å². The maximum atomic E-state index is 13.0. The summed E-state index contributed by atoms with van der Waals surface area (Å²) in [5.74, 6) is -0.149. The molecule has 0 heterocycles. The molecule has 7 nitrogen and oxygen atoms in total. The van der Waals surface area contributed by atoms with Crippen LogP contribution in [0.2, 0.25) is 0 Å². The van der Waals surface area contributed by atoms with Gasteiger partial charge in [-0.05, 0) is 48.2 Å². The van der Waals surface area contributed by atoms with Crippen molar-refractivity contribution in [3.05, 3.63) is 59.7 Å². The van der Waals surface area contributed by atoms with Gasteiger partial charge in [0, 0.05) is 12.1 Å². The summed E-state index contributed by atoms with van der Waals surface area (Å²) in [5.41, 5.74) is 1.08. The van der Waals surface area contributed by atoms with E-state index in [1.54, 1.807) is 55.6 Å². The van der Waals surface area contributed by atoms with Crippen molar-refractivity contribution in [3.63, 3.8) is 0 Å².